The van der Waals surface area contributed by atoms with Gasteiger partial charge >= 0.3 is 0 Å². The van der Waals surface area contributed by atoms with Crippen molar-refractivity contribution in [2.75, 3.05) is 6.54 Å². The van der Waals surface area contributed by atoms with Gasteiger partial charge in [-0.3, -0.25) is 0 Å². The largest absolute Gasteiger partial charge is 0.309 e. The van der Waals surface area contributed by atoms with Gasteiger partial charge < -0.3 is 5.32 Å². The van der Waals surface area contributed by atoms with Crippen LogP contribution in [0.5, 0.6) is 0 Å². The van der Waals surface area contributed by atoms with Gasteiger partial charge in [-0.2, -0.15) is 0 Å². The summed E-state index contributed by atoms with van der Waals surface area (Å²) in [7, 11) is 0. The fourth-order valence-corrected chi connectivity index (χ4v) is 3.27. The van der Waals surface area contributed by atoms with Gasteiger partial charge in [0.05, 0.1) is 0 Å². The topological polar surface area (TPSA) is 12.0 Å². The van der Waals surface area contributed by atoms with Gasteiger partial charge in [-0.25, -0.2) is 4.39 Å². The number of rotatable bonds is 5. The second kappa shape index (κ2) is 6.31. The quantitative estimate of drug-likeness (QED) is 0.817. The van der Waals surface area contributed by atoms with E-state index in [9.17, 15) is 4.39 Å². The van der Waals surface area contributed by atoms with E-state index in [-0.39, 0.29) is 5.82 Å². The summed E-state index contributed by atoms with van der Waals surface area (Å²) in [6, 6.07) is 9.69. The molecule has 0 aliphatic carbocycles. The Labute approximate surface area is 118 Å². The highest BCUT2D eigenvalue weighted by atomic mass is 32.1. The molecule has 102 valence electrons. The van der Waals surface area contributed by atoms with Gasteiger partial charge in [-0.15, -0.1) is 11.3 Å². The Kier molecular flexibility index (Phi) is 4.72. The number of hydrogen-bond donors (Lipinski definition) is 1. The predicted octanol–water partition coefficient (Wildman–Crippen LogP) is 4.92. The standard InChI is InChI=1S/C16H20FNS/c1-4-10-18-12(3)14-8-9-15(19-14)16-11(2)6-5-7-13(16)17/h5-9,12,18H,4,10H2,1-3H3. The van der Waals surface area contributed by atoms with Crippen molar-refractivity contribution in [1.29, 1.82) is 0 Å². The zero-order valence-electron chi connectivity index (χ0n) is 11.7. The molecule has 1 unspecified atom stereocenters. The summed E-state index contributed by atoms with van der Waals surface area (Å²) in [6.45, 7) is 7.27. The van der Waals surface area contributed by atoms with Crippen LogP contribution in [0.4, 0.5) is 4.39 Å². The van der Waals surface area contributed by atoms with Gasteiger partial charge in [0, 0.05) is 21.4 Å². The molecule has 3 heteroatoms. The van der Waals surface area contributed by atoms with Crippen molar-refractivity contribution < 1.29 is 4.39 Å². The lowest BCUT2D eigenvalue weighted by molar-refractivity contribution is 0.578. The molecule has 0 bridgehead atoms. The molecular formula is C16H20FNS. The first-order valence-electron chi connectivity index (χ1n) is 6.72. The molecule has 0 aliphatic heterocycles. The van der Waals surface area contributed by atoms with Crippen molar-refractivity contribution in [2.45, 2.75) is 33.2 Å². The highest BCUT2D eigenvalue weighted by Gasteiger charge is 2.13. The van der Waals surface area contributed by atoms with Crippen LogP contribution in [0.1, 0.15) is 36.8 Å². The Morgan fingerprint density at radius 2 is 2.05 bits per heavy atom. The minimum absolute atomic E-state index is 0.137. The summed E-state index contributed by atoms with van der Waals surface area (Å²) >= 11 is 1.67. The number of nitrogens with one attached hydrogen (secondary N) is 1. The van der Waals surface area contributed by atoms with Crippen molar-refractivity contribution >= 4 is 11.3 Å². The molecule has 0 spiro atoms. The molecule has 0 saturated carbocycles. The molecule has 1 atom stereocenters. The van der Waals surface area contributed by atoms with Crippen LogP contribution in [-0.2, 0) is 0 Å². The van der Waals surface area contributed by atoms with E-state index in [2.05, 4.69) is 25.2 Å². The Morgan fingerprint density at radius 1 is 1.26 bits per heavy atom. The van der Waals surface area contributed by atoms with E-state index in [1.807, 2.05) is 19.1 Å². The molecular weight excluding hydrogens is 257 g/mol. The molecule has 1 aromatic carbocycles. The fourth-order valence-electron chi connectivity index (χ4n) is 2.13. The molecule has 1 aromatic heterocycles. The minimum Gasteiger partial charge on any atom is -0.309 e. The average molecular weight is 277 g/mol. The SMILES string of the molecule is CCCNC(C)c1ccc(-c2c(C)cccc2F)s1. The second-order valence-corrected chi connectivity index (χ2v) is 5.92. The smallest absolute Gasteiger partial charge is 0.132 e. The van der Waals surface area contributed by atoms with E-state index in [4.69, 9.17) is 0 Å². The van der Waals surface area contributed by atoms with E-state index in [0.717, 1.165) is 29.0 Å². The second-order valence-electron chi connectivity index (χ2n) is 4.81. The third kappa shape index (κ3) is 3.23. The maximum atomic E-state index is 13.9. The molecule has 2 rings (SSSR count). The van der Waals surface area contributed by atoms with Crippen molar-refractivity contribution in [3.05, 3.63) is 46.6 Å². The minimum atomic E-state index is -0.137. The maximum Gasteiger partial charge on any atom is 0.132 e. The summed E-state index contributed by atoms with van der Waals surface area (Å²) in [5.74, 6) is -0.137. The normalized spacial score (nSPS) is 12.6. The van der Waals surface area contributed by atoms with E-state index in [1.54, 1.807) is 17.4 Å². The van der Waals surface area contributed by atoms with Gasteiger partial charge in [0.1, 0.15) is 5.82 Å². The van der Waals surface area contributed by atoms with Crippen LogP contribution >= 0.6 is 11.3 Å². The van der Waals surface area contributed by atoms with Crippen LogP contribution in [0, 0.1) is 12.7 Å². The molecule has 0 fully saturated rings. The molecule has 1 nitrogen and oxygen atoms in total. The summed E-state index contributed by atoms with van der Waals surface area (Å²) < 4.78 is 13.9. The van der Waals surface area contributed by atoms with E-state index in [1.165, 1.54) is 10.9 Å². The third-order valence-corrected chi connectivity index (χ3v) is 4.51. The summed E-state index contributed by atoms with van der Waals surface area (Å²) in [4.78, 5) is 2.27. The lowest BCUT2D eigenvalue weighted by Gasteiger charge is -2.10. The molecule has 0 amide bonds. The number of halogens is 1. The van der Waals surface area contributed by atoms with Crippen molar-refractivity contribution in [1.82, 2.24) is 5.32 Å². The van der Waals surface area contributed by atoms with Gasteiger partial charge in [0.15, 0.2) is 0 Å². The number of aryl methyl sites for hydroxylation is 1. The number of thiophene rings is 1. The molecule has 0 aliphatic rings. The Morgan fingerprint density at radius 3 is 2.74 bits per heavy atom. The van der Waals surface area contributed by atoms with E-state index >= 15 is 0 Å². The van der Waals surface area contributed by atoms with Gasteiger partial charge in [-0.1, -0.05) is 19.1 Å². The van der Waals surface area contributed by atoms with Crippen LogP contribution in [0.3, 0.4) is 0 Å². The highest BCUT2D eigenvalue weighted by Crippen LogP contribution is 2.34. The summed E-state index contributed by atoms with van der Waals surface area (Å²) in [5, 5.41) is 3.46. The molecule has 1 N–H and O–H groups in total. The Bertz CT molecular complexity index is 527. The lowest BCUT2D eigenvalue weighted by atomic mass is 10.1. The number of hydrogen-bond acceptors (Lipinski definition) is 2. The van der Waals surface area contributed by atoms with E-state index < -0.39 is 0 Å². The molecule has 19 heavy (non-hydrogen) atoms. The molecule has 2 aromatic rings. The average Bonchev–Trinajstić information content (AvgIpc) is 2.85. The zero-order valence-corrected chi connectivity index (χ0v) is 12.5. The third-order valence-electron chi connectivity index (χ3n) is 3.22. The lowest BCUT2D eigenvalue weighted by Crippen LogP contribution is -2.18. The zero-order chi connectivity index (χ0) is 13.8. The first-order chi connectivity index (χ1) is 9.13. The molecule has 0 saturated heterocycles. The van der Waals surface area contributed by atoms with Gasteiger partial charge in [-0.05, 0) is 50.6 Å². The maximum absolute atomic E-state index is 13.9. The Balaban J connectivity index is 2.26. The number of benzene rings is 1. The predicted molar refractivity (Wildman–Crippen MR) is 81.2 cm³/mol. The first-order valence-corrected chi connectivity index (χ1v) is 7.53. The summed E-state index contributed by atoms with van der Waals surface area (Å²) in [5.41, 5.74) is 1.73. The van der Waals surface area contributed by atoms with E-state index in [0.29, 0.717) is 6.04 Å². The van der Waals surface area contributed by atoms with Crippen LogP contribution in [-0.4, -0.2) is 6.54 Å². The van der Waals surface area contributed by atoms with Crippen LogP contribution in [0.15, 0.2) is 30.3 Å². The monoisotopic (exact) mass is 277 g/mol. The first kappa shape index (κ1) is 14.2. The Hall–Kier alpha value is -1.19. The summed E-state index contributed by atoms with van der Waals surface area (Å²) in [6.07, 6.45) is 1.12. The van der Waals surface area contributed by atoms with Crippen molar-refractivity contribution in [3.63, 3.8) is 0 Å². The van der Waals surface area contributed by atoms with Crippen LogP contribution in [0.2, 0.25) is 0 Å². The fraction of sp³-hybridized carbons (Fsp3) is 0.375. The van der Waals surface area contributed by atoms with Crippen LogP contribution in [0.25, 0.3) is 10.4 Å². The van der Waals surface area contributed by atoms with Gasteiger partial charge in [0.2, 0.25) is 0 Å². The van der Waals surface area contributed by atoms with Crippen molar-refractivity contribution in [2.24, 2.45) is 0 Å². The highest BCUT2D eigenvalue weighted by molar-refractivity contribution is 7.15. The molecule has 1 heterocycles. The molecule has 0 radical (unpaired) electrons. The van der Waals surface area contributed by atoms with Crippen LogP contribution < -0.4 is 5.32 Å². The van der Waals surface area contributed by atoms with Crippen molar-refractivity contribution in [3.8, 4) is 10.4 Å². The van der Waals surface area contributed by atoms with Gasteiger partial charge in [0.25, 0.3) is 0 Å².